The number of alkyl halides is 3. The van der Waals surface area contributed by atoms with E-state index in [1.54, 1.807) is 0 Å². The summed E-state index contributed by atoms with van der Waals surface area (Å²) < 4.78 is 2.85. The van der Waals surface area contributed by atoms with Crippen molar-refractivity contribution in [1.29, 1.82) is 0 Å². The molecule has 0 aliphatic heterocycles. The molecule has 1 saturated carbocycles. The van der Waals surface area contributed by atoms with Gasteiger partial charge in [-0.25, -0.2) is 0 Å². The number of esters is 1. The van der Waals surface area contributed by atoms with Gasteiger partial charge < -0.3 is 9.84 Å². The minimum atomic E-state index is -1.77. The first-order valence-corrected chi connectivity index (χ1v) is 5.60. The Morgan fingerprint density at radius 1 is 1.47 bits per heavy atom. The van der Waals surface area contributed by atoms with Crippen molar-refractivity contribution in [2.45, 2.75) is 23.7 Å². The van der Waals surface area contributed by atoms with E-state index in [1.165, 1.54) is 7.11 Å². The quantitative estimate of drug-likeness (QED) is 0.620. The molecule has 1 aliphatic rings. The summed E-state index contributed by atoms with van der Waals surface area (Å²) in [6.45, 7) is 3.66. The van der Waals surface area contributed by atoms with Crippen LogP contribution in [-0.4, -0.2) is 28.1 Å². The molecule has 1 fully saturated rings. The maximum absolute atomic E-state index is 11.4. The number of hydrogen-bond acceptors (Lipinski definition) is 3. The number of methoxy groups -OCH3 is 1. The zero-order valence-corrected chi connectivity index (χ0v) is 10.9. The molecule has 0 aromatic rings. The van der Waals surface area contributed by atoms with Gasteiger partial charge in [0.05, 0.1) is 13.0 Å². The molecule has 0 aromatic carbocycles. The molecule has 1 rings (SSSR count). The average molecular weight is 276 g/mol. The molecular weight excluding hydrogens is 262 g/mol. The van der Waals surface area contributed by atoms with E-state index in [9.17, 15) is 9.90 Å². The SMILES string of the molecule is COC(=O)C1C(C(O)C(Cl)(Cl)Cl)C1(C)C. The molecule has 0 aromatic heterocycles. The molecule has 3 nitrogen and oxygen atoms in total. The first-order valence-electron chi connectivity index (χ1n) is 4.46. The molecule has 0 spiro atoms. The molecule has 3 atom stereocenters. The number of halogens is 3. The summed E-state index contributed by atoms with van der Waals surface area (Å²) in [5.41, 5.74) is -0.392. The van der Waals surface area contributed by atoms with E-state index in [1.807, 2.05) is 13.8 Å². The third kappa shape index (κ3) is 2.36. The Labute approximate surface area is 104 Å². The Balaban J connectivity index is 2.79. The van der Waals surface area contributed by atoms with Gasteiger partial charge in [0.15, 0.2) is 0 Å². The molecule has 0 heterocycles. The number of ether oxygens (including phenoxy) is 1. The number of carbonyl (C=O) groups excluding carboxylic acids is 1. The lowest BCUT2D eigenvalue weighted by atomic mass is 10.1. The molecule has 1 aliphatic carbocycles. The van der Waals surface area contributed by atoms with Crippen LogP contribution in [0.5, 0.6) is 0 Å². The van der Waals surface area contributed by atoms with Crippen molar-refractivity contribution in [2.24, 2.45) is 17.3 Å². The van der Waals surface area contributed by atoms with Crippen LogP contribution in [0.15, 0.2) is 0 Å². The lowest BCUT2D eigenvalue weighted by Crippen LogP contribution is -2.29. The van der Waals surface area contributed by atoms with Gasteiger partial charge in [0.2, 0.25) is 3.79 Å². The van der Waals surface area contributed by atoms with Crippen LogP contribution in [0.1, 0.15) is 13.8 Å². The van der Waals surface area contributed by atoms with Gasteiger partial charge in [-0.3, -0.25) is 4.79 Å². The van der Waals surface area contributed by atoms with Crippen molar-refractivity contribution in [2.75, 3.05) is 7.11 Å². The molecule has 0 bridgehead atoms. The van der Waals surface area contributed by atoms with Crippen molar-refractivity contribution in [3.8, 4) is 0 Å². The molecule has 15 heavy (non-hydrogen) atoms. The molecule has 88 valence electrons. The van der Waals surface area contributed by atoms with Crippen LogP contribution < -0.4 is 0 Å². The minimum absolute atomic E-state index is 0.377. The third-order valence-corrected chi connectivity index (χ3v) is 3.71. The van der Waals surface area contributed by atoms with Gasteiger partial charge in [0.25, 0.3) is 0 Å². The monoisotopic (exact) mass is 274 g/mol. The van der Waals surface area contributed by atoms with Crippen LogP contribution in [0, 0.1) is 17.3 Å². The van der Waals surface area contributed by atoms with E-state index < -0.39 is 21.2 Å². The van der Waals surface area contributed by atoms with Gasteiger partial charge in [-0.2, -0.15) is 0 Å². The van der Waals surface area contributed by atoms with Gasteiger partial charge >= 0.3 is 5.97 Å². The molecule has 1 N–H and O–H groups in total. The van der Waals surface area contributed by atoms with E-state index >= 15 is 0 Å². The first kappa shape index (κ1) is 13.4. The topological polar surface area (TPSA) is 46.5 Å². The summed E-state index contributed by atoms with van der Waals surface area (Å²) in [7, 11) is 1.30. The highest BCUT2D eigenvalue weighted by Crippen LogP contribution is 2.63. The van der Waals surface area contributed by atoms with Crippen LogP contribution >= 0.6 is 34.8 Å². The highest BCUT2D eigenvalue weighted by atomic mass is 35.6. The van der Waals surface area contributed by atoms with E-state index in [0.29, 0.717) is 0 Å². The Morgan fingerprint density at radius 2 is 1.93 bits per heavy atom. The average Bonchev–Trinajstić information content (AvgIpc) is 2.64. The number of carbonyl (C=O) groups is 1. The first-order chi connectivity index (χ1) is 6.64. The van der Waals surface area contributed by atoms with Crippen LogP contribution in [0.2, 0.25) is 0 Å². The van der Waals surface area contributed by atoms with Crippen LogP contribution in [0.3, 0.4) is 0 Å². The normalized spacial score (nSPS) is 30.9. The van der Waals surface area contributed by atoms with Gasteiger partial charge in [-0.15, -0.1) is 0 Å². The van der Waals surface area contributed by atoms with Crippen molar-refractivity contribution < 1.29 is 14.6 Å². The molecule has 3 unspecified atom stereocenters. The number of hydrogen-bond donors (Lipinski definition) is 1. The largest absolute Gasteiger partial charge is 0.469 e. The van der Waals surface area contributed by atoms with Crippen LogP contribution in [0.25, 0.3) is 0 Å². The van der Waals surface area contributed by atoms with Crippen molar-refractivity contribution >= 4 is 40.8 Å². The Hall–Kier alpha value is 0.300. The minimum Gasteiger partial charge on any atom is -0.469 e. The van der Waals surface area contributed by atoms with E-state index in [2.05, 4.69) is 4.74 Å². The Morgan fingerprint density at radius 3 is 2.27 bits per heavy atom. The fourth-order valence-corrected chi connectivity index (χ4v) is 2.45. The summed E-state index contributed by atoms with van der Waals surface area (Å²) in [5.74, 6) is -1.16. The summed E-state index contributed by atoms with van der Waals surface area (Å²) in [4.78, 5) is 11.4. The Kier molecular flexibility index (Phi) is 3.52. The molecule has 0 saturated heterocycles. The van der Waals surface area contributed by atoms with Crippen molar-refractivity contribution in [3.63, 3.8) is 0 Å². The Bertz CT molecular complexity index is 272. The lowest BCUT2D eigenvalue weighted by molar-refractivity contribution is -0.143. The molecular formula is C9H13Cl3O3. The van der Waals surface area contributed by atoms with E-state index in [-0.39, 0.29) is 11.9 Å². The summed E-state index contributed by atoms with van der Waals surface area (Å²) >= 11 is 16.8. The summed E-state index contributed by atoms with van der Waals surface area (Å²) in [6.07, 6.45) is -1.17. The van der Waals surface area contributed by atoms with Gasteiger partial charge in [-0.1, -0.05) is 48.7 Å². The second kappa shape index (κ2) is 3.95. The fraction of sp³-hybridized carbons (Fsp3) is 0.889. The maximum Gasteiger partial charge on any atom is 0.309 e. The second-order valence-corrected chi connectivity index (χ2v) is 6.70. The predicted molar refractivity (Wildman–Crippen MR) is 59.1 cm³/mol. The molecule has 0 amide bonds. The fourth-order valence-electron chi connectivity index (χ4n) is 2.05. The highest BCUT2D eigenvalue weighted by Gasteiger charge is 2.68. The zero-order valence-electron chi connectivity index (χ0n) is 8.63. The zero-order chi connectivity index (χ0) is 12.0. The van der Waals surface area contributed by atoms with Gasteiger partial charge in [0.1, 0.15) is 6.10 Å². The summed E-state index contributed by atoms with van der Waals surface area (Å²) in [6, 6.07) is 0. The molecule has 0 radical (unpaired) electrons. The highest BCUT2D eigenvalue weighted by molar-refractivity contribution is 6.68. The smallest absolute Gasteiger partial charge is 0.309 e. The standard InChI is InChI=1S/C9H13Cl3O3/c1-8(2)4(5(8)7(14)15-3)6(13)9(10,11)12/h4-6,13H,1-3H3. The van der Waals surface area contributed by atoms with Crippen LogP contribution in [0.4, 0.5) is 0 Å². The predicted octanol–water partition coefficient (Wildman–Crippen LogP) is 2.16. The van der Waals surface area contributed by atoms with Crippen LogP contribution in [-0.2, 0) is 9.53 Å². The van der Waals surface area contributed by atoms with Gasteiger partial charge in [-0.05, 0) is 5.41 Å². The maximum atomic E-state index is 11.4. The van der Waals surface area contributed by atoms with Crippen molar-refractivity contribution in [1.82, 2.24) is 0 Å². The summed E-state index contributed by atoms with van der Waals surface area (Å²) in [5, 5.41) is 9.77. The van der Waals surface area contributed by atoms with Gasteiger partial charge in [0, 0.05) is 5.92 Å². The number of rotatable bonds is 2. The second-order valence-electron chi connectivity index (χ2n) is 4.33. The van der Waals surface area contributed by atoms with E-state index in [4.69, 9.17) is 34.8 Å². The van der Waals surface area contributed by atoms with Crippen molar-refractivity contribution in [3.05, 3.63) is 0 Å². The third-order valence-electron chi connectivity index (χ3n) is 3.04. The van der Waals surface area contributed by atoms with E-state index in [0.717, 1.165) is 0 Å². The lowest BCUT2D eigenvalue weighted by Gasteiger charge is -2.19. The molecule has 6 heteroatoms. The number of aliphatic hydroxyl groups is 1. The number of aliphatic hydroxyl groups excluding tert-OH is 1.